The molecule has 0 saturated carbocycles. The van der Waals surface area contributed by atoms with Crippen molar-refractivity contribution in [2.24, 2.45) is 11.8 Å². The Hall–Kier alpha value is -8.86. The minimum atomic E-state index is 0.382. The summed E-state index contributed by atoms with van der Waals surface area (Å²) in [6.07, 6.45) is 22.9. The van der Waals surface area contributed by atoms with Gasteiger partial charge in [-0.3, -0.25) is 0 Å². The summed E-state index contributed by atoms with van der Waals surface area (Å²) in [5.41, 5.74) is 20.8. The van der Waals surface area contributed by atoms with Gasteiger partial charge in [0.05, 0.1) is 22.8 Å². The Bertz CT molecular complexity index is 4700. The summed E-state index contributed by atoms with van der Waals surface area (Å²) < 4.78 is 0. The lowest BCUT2D eigenvalue weighted by Gasteiger charge is -2.27. The monoisotopic (exact) mass is 916 g/mol. The minimum absolute atomic E-state index is 0.382. The maximum absolute atomic E-state index is 5.67. The van der Waals surface area contributed by atoms with Crippen molar-refractivity contribution in [2.75, 3.05) is 0 Å². The fourth-order valence-electron chi connectivity index (χ4n) is 13.2. The van der Waals surface area contributed by atoms with Crippen LogP contribution in [0.15, 0.2) is 193 Å². The van der Waals surface area contributed by atoms with Gasteiger partial charge in [-0.1, -0.05) is 97.1 Å². The van der Waals surface area contributed by atoms with E-state index in [1.807, 2.05) is 0 Å². The quantitative estimate of drug-likeness (QED) is 0.149. The molecule has 0 spiro atoms. The fourth-order valence-corrected chi connectivity index (χ4v) is 13.2. The second-order valence-electron chi connectivity index (χ2n) is 21.1. The van der Waals surface area contributed by atoms with Crippen molar-refractivity contribution < 1.29 is 0 Å². The Morgan fingerprint density at radius 1 is 0.403 bits per heavy atom. The molecule has 2 unspecified atom stereocenters. The van der Waals surface area contributed by atoms with E-state index < -0.39 is 0 Å². The van der Waals surface area contributed by atoms with Gasteiger partial charge in [-0.2, -0.15) is 0 Å². The third-order valence-corrected chi connectivity index (χ3v) is 16.8. The van der Waals surface area contributed by atoms with Gasteiger partial charge in [0, 0.05) is 71.8 Å². The molecule has 4 heteroatoms. The molecule has 8 aromatic carbocycles. The molecule has 0 radical (unpaired) electrons. The molecule has 5 heterocycles. The fraction of sp³-hybridized carbons (Fsp3) is 0.0882. The zero-order valence-electron chi connectivity index (χ0n) is 39.4. The molecule has 17 rings (SSSR count). The number of nitrogens with one attached hydrogen (secondary N) is 2. The van der Waals surface area contributed by atoms with Crippen molar-refractivity contribution in [2.45, 2.75) is 25.7 Å². The van der Waals surface area contributed by atoms with Crippen molar-refractivity contribution in [1.82, 2.24) is 19.9 Å². The van der Waals surface area contributed by atoms with Gasteiger partial charge in [-0.05, 0) is 205 Å². The largest absolute Gasteiger partial charge is 0.354 e. The summed E-state index contributed by atoms with van der Waals surface area (Å²) in [6, 6.07) is 55.2. The van der Waals surface area contributed by atoms with Crippen LogP contribution in [-0.4, -0.2) is 19.9 Å². The van der Waals surface area contributed by atoms with Gasteiger partial charge in [-0.25, -0.2) is 9.97 Å². The van der Waals surface area contributed by atoms with E-state index in [0.717, 1.165) is 86.0 Å². The summed E-state index contributed by atoms with van der Waals surface area (Å²) in [4.78, 5) is 19.3. The average molecular weight is 917 g/mol. The highest BCUT2D eigenvalue weighted by Gasteiger charge is 2.27. The van der Waals surface area contributed by atoms with Gasteiger partial charge in [0.2, 0.25) is 0 Å². The summed E-state index contributed by atoms with van der Waals surface area (Å²) in [5.74, 6) is 0.939. The lowest BCUT2D eigenvalue weighted by Crippen LogP contribution is -2.14. The van der Waals surface area contributed by atoms with E-state index in [-0.39, 0.29) is 0 Å². The standard InChI is InChI=1S/C68H44N4/c1-2-10-38-18-46-26-54-53(25-45(46)17-37(38)9-1)61-33-63-55-27-47-19-39-11-3-4-12-40(39)20-48(47)28-56(55)65(70-63)35-67-59-31-51-23-43-15-7-8-16-44(43)24-52(51)32-60(59)68(72-67)36-66-58-30-50-22-42-14-6-5-13-41(42)21-49(50)29-57(58)64(71-66)34-62(54)69-61/h1-7,9-15,17-20,22-23,25-36,41,44,70-71H,8,16,21,24H2. The van der Waals surface area contributed by atoms with Crippen LogP contribution in [0.5, 0.6) is 0 Å². The second kappa shape index (κ2) is 14.4. The van der Waals surface area contributed by atoms with Crippen LogP contribution < -0.4 is 0 Å². The Morgan fingerprint density at radius 3 is 1.49 bits per heavy atom. The number of fused-ring (bicyclic) bond motifs is 28. The third-order valence-electron chi connectivity index (χ3n) is 16.8. The summed E-state index contributed by atoms with van der Waals surface area (Å²) >= 11 is 0. The molecule has 336 valence electrons. The van der Waals surface area contributed by atoms with Gasteiger partial charge in [0.15, 0.2) is 0 Å². The van der Waals surface area contributed by atoms with Crippen molar-refractivity contribution in [1.29, 1.82) is 0 Å². The van der Waals surface area contributed by atoms with Crippen molar-refractivity contribution in [3.8, 4) is 45.0 Å². The normalized spacial score (nSPS) is 17.2. The van der Waals surface area contributed by atoms with Gasteiger partial charge in [0.1, 0.15) is 0 Å². The van der Waals surface area contributed by atoms with Crippen LogP contribution in [0.1, 0.15) is 35.1 Å². The number of aromatic amines is 2. The highest BCUT2D eigenvalue weighted by atomic mass is 14.8. The van der Waals surface area contributed by atoms with E-state index in [2.05, 4.69) is 204 Å². The number of H-pyrrole nitrogens is 2. The first-order chi connectivity index (χ1) is 35.5. The predicted octanol–water partition coefficient (Wildman–Crippen LogP) is 17.5. The van der Waals surface area contributed by atoms with Gasteiger partial charge >= 0.3 is 0 Å². The van der Waals surface area contributed by atoms with E-state index in [9.17, 15) is 0 Å². The van der Waals surface area contributed by atoms with E-state index in [1.165, 1.54) is 105 Å². The number of aromatic nitrogens is 4. The molecule has 2 aliphatic heterocycles. The Kier molecular flexibility index (Phi) is 7.77. The molecular formula is C68H44N4. The van der Waals surface area contributed by atoms with E-state index in [1.54, 1.807) is 0 Å². The number of nitrogens with zero attached hydrogens (tertiary/aromatic N) is 2. The zero-order chi connectivity index (χ0) is 46.8. The summed E-state index contributed by atoms with van der Waals surface area (Å²) in [6.45, 7) is 0. The molecule has 2 N–H and O–H groups in total. The second-order valence-corrected chi connectivity index (χ2v) is 21.1. The molecule has 0 amide bonds. The third kappa shape index (κ3) is 5.81. The number of hydrogen-bond acceptors (Lipinski definition) is 2. The first-order valence-corrected chi connectivity index (χ1v) is 25.6. The molecule has 11 aromatic rings. The first-order valence-electron chi connectivity index (χ1n) is 25.6. The number of rotatable bonds is 0. The maximum Gasteiger partial charge on any atom is 0.0737 e. The van der Waals surface area contributed by atoms with Crippen molar-refractivity contribution >= 4 is 98.9 Å². The molecule has 3 aromatic heterocycles. The minimum Gasteiger partial charge on any atom is -0.354 e. The van der Waals surface area contributed by atoms with Crippen molar-refractivity contribution in [3.63, 3.8) is 0 Å². The Morgan fingerprint density at radius 2 is 0.889 bits per heavy atom. The highest BCUT2D eigenvalue weighted by molar-refractivity contribution is 6.16. The highest BCUT2D eigenvalue weighted by Crippen LogP contribution is 2.46. The average Bonchev–Trinajstić information content (AvgIpc) is 4.12. The van der Waals surface area contributed by atoms with E-state index in [0.29, 0.717) is 11.8 Å². The SMILES string of the molecule is C1=CC2=Cc3cc4c5cc6nc(cc7[nH]c(cc8nc(cc([nH]5)c4cc3CC2C=C1)-c1cc2cc3ccccc3cc2cc1-8)c1cc2cc3ccccc3cc2cc71)-c1cc2c(cc1-6)CC1CCC=CC1=C2. The molecule has 2 atom stereocenters. The van der Waals surface area contributed by atoms with Gasteiger partial charge in [-0.15, -0.1) is 0 Å². The van der Waals surface area contributed by atoms with Crippen LogP contribution in [0, 0.1) is 11.8 Å². The molecular weight excluding hydrogens is 873 g/mol. The van der Waals surface area contributed by atoms with Crippen LogP contribution in [0.3, 0.4) is 0 Å². The summed E-state index contributed by atoms with van der Waals surface area (Å²) in [5, 5.41) is 14.5. The molecule has 0 fully saturated rings. The lowest BCUT2D eigenvalue weighted by molar-refractivity contribution is 0.557. The molecule has 6 aliphatic rings. The predicted molar refractivity (Wildman–Crippen MR) is 302 cm³/mol. The van der Waals surface area contributed by atoms with Crippen LogP contribution in [0.25, 0.3) is 144 Å². The lowest BCUT2D eigenvalue weighted by atomic mass is 9.77. The van der Waals surface area contributed by atoms with Gasteiger partial charge in [0.25, 0.3) is 0 Å². The Balaban J connectivity index is 1.01. The van der Waals surface area contributed by atoms with Gasteiger partial charge < -0.3 is 9.97 Å². The van der Waals surface area contributed by atoms with Crippen LogP contribution in [0.2, 0.25) is 0 Å². The van der Waals surface area contributed by atoms with Crippen LogP contribution in [-0.2, 0) is 12.8 Å². The van der Waals surface area contributed by atoms with Crippen LogP contribution in [0.4, 0.5) is 0 Å². The van der Waals surface area contributed by atoms with Crippen molar-refractivity contribution in [3.05, 3.63) is 215 Å². The topological polar surface area (TPSA) is 57.4 Å². The summed E-state index contributed by atoms with van der Waals surface area (Å²) in [7, 11) is 0. The van der Waals surface area contributed by atoms with Crippen LogP contribution >= 0.6 is 0 Å². The number of benzene rings is 8. The first kappa shape index (κ1) is 38.9. The molecule has 4 aliphatic carbocycles. The van der Waals surface area contributed by atoms with E-state index in [4.69, 9.17) is 9.97 Å². The van der Waals surface area contributed by atoms with E-state index >= 15 is 0 Å². The molecule has 72 heavy (non-hydrogen) atoms. The number of hydrogen-bond donors (Lipinski definition) is 2. The zero-order valence-corrected chi connectivity index (χ0v) is 39.4. The smallest absolute Gasteiger partial charge is 0.0737 e. The Labute approximate surface area is 414 Å². The number of allylic oxidation sites excluding steroid dienone is 8. The molecule has 8 bridgehead atoms. The molecule has 4 nitrogen and oxygen atoms in total. The molecule has 0 saturated heterocycles. The maximum atomic E-state index is 5.67.